The van der Waals surface area contributed by atoms with Crippen LogP contribution < -0.4 is 5.32 Å². The van der Waals surface area contributed by atoms with E-state index in [1.807, 2.05) is 0 Å². The molecular formula is C12H9FN4. The molecule has 2 aromatic rings. The highest BCUT2D eigenvalue weighted by Gasteiger charge is 2.03. The van der Waals surface area contributed by atoms with Crippen LogP contribution in [0.2, 0.25) is 0 Å². The molecule has 0 atom stereocenters. The van der Waals surface area contributed by atoms with E-state index in [2.05, 4.69) is 15.3 Å². The van der Waals surface area contributed by atoms with Crippen molar-refractivity contribution in [2.24, 2.45) is 5.11 Å². The Balaban J connectivity index is 2.36. The highest BCUT2D eigenvalue weighted by Crippen LogP contribution is 2.28. The Morgan fingerprint density at radius 3 is 2.35 bits per heavy atom. The molecule has 0 spiro atoms. The smallest absolute Gasteiger partial charge is 0.146 e. The molecule has 1 N–H and O–H groups in total. The lowest BCUT2D eigenvalue weighted by molar-refractivity contribution is 0.632. The molecule has 0 saturated carbocycles. The van der Waals surface area contributed by atoms with Gasteiger partial charge < -0.3 is 5.32 Å². The molecule has 0 saturated heterocycles. The molecule has 0 radical (unpaired) electrons. The van der Waals surface area contributed by atoms with Crippen LogP contribution in [-0.2, 0) is 0 Å². The summed E-state index contributed by atoms with van der Waals surface area (Å²) in [5.74, 6) is -0.358. The zero-order chi connectivity index (χ0) is 12.1. The zero-order valence-electron chi connectivity index (χ0n) is 8.84. The van der Waals surface area contributed by atoms with Crippen LogP contribution in [-0.4, -0.2) is 0 Å². The maximum Gasteiger partial charge on any atom is 0.146 e. The quantitative estimate of drug-likeness (QED) is 0.469. The minimum absolute atomic E-state index is 0.341. The maximum atomic E-state index is 13.4. The summed E-state index contributed by atoms with van der Waals surface area (Å²) in [6, 6.07) is 13.2. The summed E-state index contributed by atoms with van der Waals surface area (Å²) in [6.45, 7) is 0. The Bertz CT molecular complexity index is 576. The van der Waals surface area contributed by atoms with E-state index < -0.39 is 0 Å². The average molecular weight is 228 g/mol. The minimum atomic E-state index is -0.358. The summed E-state index contributed by atoms with van der Waals surface area (Å²) in [5.41, 5.74) is 9.76. The molecule has 0 aliphatic heterocycles. The molecule has 0 bridgehead atoms. The molecule has 2 aromatic carbocycles. The van der Waals surface area contributed by atoms with E-state index in [4.69, 9.17) is 5.53 Å². The van der Waals surface area contributed by atoms with E-state index in [1.165, 1.54) is 6.07 Å². The standard InChI is InChI=1S/C12H9FN4/c13-9-5-1-2-6-10(9)15-11-7-3-4-8-12(11)16-17-14/h1-8,15H. The second-order valence-electron chi connectivity index (χ2n) is 3.31. The number of anilines is 2. The molecule has 0 heterocycles. The number of hydrogen-bond acceptors (Lipinski definition) is 2. The van der Waals surface area contributed by atoms with Gasteiger partial charge in [-0.1, -0.05) is 35.4 Å². The van der Waals surface area contributed by atoms with E-state index in [0.717, 1.165) is 0 Å². The van der Waals surface area contributed by atoms with Crippen molar-refractivity contribution in [3.8, 4) is 0 Å². The average Bonchev–Trinajstić information content (AvgIpc) is 2.35. The van der Waals surface area contributed by atoms with Gasteiger partial charge in [-0.25, -0.2) is 4.39 Å². The SMILES string of the molecule is [N-]=[N+]=Nc1ccccc1Nc1ccccc1F. The molecule has 0 amide bonds. The summed E-state index contributed by atoms with van der Waals surface area (Å²) in [7, 11) is 0. The molecule has 0 fully saturated rings. The van der Waals surface area contributed by atoms with E-state index in [1.54, 1.807) is 42.5 Å². The van der Waals surface area contributed by atoms with Crippen molar-refractivity contribution in [3.05, 3.63) is 64.8 Å². The number of benzene rings is 2. The highest BCUT2D eigenvalue weighted by atomic mass is 19.1. The molecular weight excluding hydrogens is 219 g/mol. The van der Waals surface area contributed by atoms with Gasteiger partial charge in [-0.15, -0.1) is 0 Å². The summed E-state index contributed by atoms with van der Waals surface area (Å²) in [4.78, 5) is 2.72. The van der Waals surface area contributed by atoms with Crippen molar-refractivity contribution in [3.63, 3.8) is 0 Å². The molecule has 0 unspecified atom stereocenters. The van der Waals surface area contributed by atoms with Gasteiger partial charge in [-0.05, 0) is 23.7 Å². The fourth-order valence-electron chi connectivity index (χ4n) is 1.42. The monoisotopic (exact) mass is 228 g/mol. The third-order valence-electron chi connectivity index (χ3n) is 2.20. The van der Waals surface area contributed by atoms with Gasteiger partial charge in [0.15, 0.2) is 0 Å². The van der Waals surface area contributed by atoms with Crippen molar-refractivity contribution in [2.75, 3.05) is 5.32 Å². The van der Waals surface area contributed by atoms with Crippen LogP contribution in [0.1, 0.15) is 0 Å². The predicted octanol–water partition coefficient (Wildman–Crippen LogP) is 4.51. The van der Waals surface area contributed by atoms with Gasteiger partial charge in [-0.3, -0.25) is 0 Å². The molecule has 0 aliphatic rings. The second-order valence-corrected chi connectivity index (χ2v) is 3.31. The second kappa shape index (κ2) is 5.01. The number of halogens is 1. The van der Waals surface area contributed by atoms with Crippen LogP contribution in [0.15, 0.2) is 53.6 Å². The Morgan fingerprint density at radius 2 is 1.65 bits per heavy atom. The zero-order valence-corrected chi connectivity index (χ0v) is 8.84. The van der Waals surface area contributed by atoms with Crippen LogP contribution in [0.4, 0.5) is 21.5 Å². The Kier molecular flexibility index (Phi) is 3.23. The number of para-hydroxylation sites is 2. The fourth-order valence-corrected chi connectivity index (χ4v) is 1.42. The third kappa shape index (κ3) is 2.53. The van der Waals surface area contributed by atoms with Gasteiger partial charge in [0.1, 0.15) is 5.82 Å². The van der Waals surface area contributed by atoms with E-state index >= 15 is 0 Å². The topological polar surface area (TPSA) is 60.8 Å². The number of nitrogens with one attached hydrogen (secondary N) is 1. The molecule has 5 heteroatoms. The molecule has 84 valence electrons. The van der Waals surface area contributed by atoms with Gasteiger partial charge in [0.25, 0.3) is 0 Å². The highest BCUT2D eigenvalue weighted by molar-refractivity contribution is 5.71. The molecule has 17 heavy (non-hydrogen) atoms. The lowest BCUT2D eigenvalue weighted by atomic mass is 10.2. The Morgan fingerprint density at radius 1 is 1.00 bits per heavy atom. The molecule has 4 nitrogen and oxygen atoms in total. The van der Waals surface area contributed by atoms with Crippen LogP contribution >= 0.6 is 0 Å². The number of rotatable bonds is 3. The first-order chi connectivity index (χ1) is 8.31. The predicted molar refractivity (Wildman–Crippen MR) is 64.9 cm³/mol. The number of hydrogen-bond donors (Lipinski definition) is 1. The van der Waals surface area contributed by atoms with Crippen LogP contribution in [0.5, 0.6) is 0 Å². The van der Waals surface area contributed by atoms with Gasteiger partial charge in [0.05, 0.1) is 11.4 Å². The first-order valence-electron chi connectivity index (χ1n) is 4.97. The van der Waals surface area contributed by atoms with E-state index in [-0.39, 0.29) is 5.82 Å². The molecule has 0 aliphatic carbocycles. The third-order valence-corrected chi connectivity index (χ3v) is 2.20. The summed E-state index contributed by atoms with van der Waals surface area (Å²) >= 11 is 0. The van der Waals surface area contributed by atoms with Crippen molar-refractivity contribution < 1.29 is 4.39 Å². The normalized spacial score (nSPS) is 9.47. The van der Waals surface area contributed by atoms with Crippen molar-refractivity contribution in [2.45, 2.75) is 0 Å². The van der Waals surface area contributed by atoms with Crippen LogP contribution in [0.25, 0.3) is 10.4 Å². The molecule has 0 aromatic heterocycles. The van der Waals surface area contributed by atoms with E-state index in [0.29, 0.717) is 17.1 Å². The number of nitrogens with zero attached hydrogens (tertiary/aromatic N) is 3. The van der Waals surface area contributed by atoms with Crippen LogP contribution in [0, 0.1) is 5.82 Å². The largest absolute Gasteiger partial charge is 0.353 e. The number of azide groups is 1. The fraction of sp³-hybridized carbons (Fsp3) is 0. The summed E-state index contributed by atoms with van der Waals surface area (Å²) in [5, 5.41) is 6.41. The Hall–Kier alpha value is -2.52. The lowest BCUT2D eigenvalue weighted by Crippen LogP contribution is -1.93. The summed E-state index contributed by atoms with van der Waals surface area (Å²) < 4.78 is 13.4. The Labute approximate surface area is 97.3 Å². The first kappa shape index (κ1) is 11.0. The van der Waals surface area contributed by atoms with Gasteiger partial charge in [0, 0.05) is 10.6 Å². The van der Waals surface area contributed by atoms with Crippen LogP contribution in [0.3, 0.4) is 0 Å². The first-order valence-corrected chi connectivity index (χ1v) is 4.97. The van der Waals surface area contributed by atoms with Crippen molar-refractivity contribution >= 4 is 17.1 Å². The van der Waals surface area contributed by atoms with Gasteiger partial charge in [0.2, 0.25) is 0 Å². The lowest BCUT2D eigenvalue weighted by Gasteiger charge is -2.09. The van der Waals surface area contributed by atoms with Crippen molar-refractivity contribution in [1.82, 2.24) is 0 Å². The van der Waals surface area contributed by atoms with Crippen molar-refractivity contribution in [1.29, 1.82) is 0 Å². The van der Waals surface area contributed by atoms with Gasteiger partial charge >= 0.3 is 0 Å². The molecule has 2 rings (SSSR count). The van der Waals surface area contributed by atoms with E-state index in [9.17, 15) is 4.39 Å². The van der Waals surface area contributed by atoms with Gasteiger partial charge in [-0.2, -0.15) is 0 Å². The summed E-state index contributed by atoms with van der Waals surface area (Å²) in [6.07, 6.45) is 0. The maximum absolute atomic E-state index is 13.4. The minimum Gasteiger partial charge on any atom is -0.353 e.